The number of para-hydroxylation sites is 2. The lowest BCUT2D eigenvalue weighted by atomic mass is 10.3. The number of carbonyl (C=O) groups is 1. The molecule has 0 bridgehead atoms. The first-order chi connectivity index (χ1) is 7.67. The molecule has 1 N–H and O–H groups in total. The van der Waals surface area contributed by atoms with E-state index >= 15 is 0 Å². The highest BCUT2D eigenvalue weighted by atomic mass is 79.9. The van der Waals surface area contributed by atoms with Crippen LogP contribution in [0.2, 0.25) is 0 Å². The molecule has 0 aliphatic heterocycles. The first-order valence-corrected chi connectivity index (χ1v) is 5.60. The average molecular weight is 287 g/mol. The van der Waals surface area contributed by atoms with Crippen molar-refractivity contribution >= 4 is 21.9 Å². The summed E-state index contributed by atoms with van der Waals surface area (Å²) in [4.78, 5) is 10.5. The van der Waals surface area contributed by atoms with Crippen molar-refractivity contribution in [3.05, 3.63) is 36.1 Å². The zero-order chi connectivity index (χ0) is 12.0. The van der Waals surface area contributed by atoms with Gasteiger partial charge < -0.3 is 14.6 Å². The van der Waals surface area contributed by atoms with E-state index in [1.54, 1.807) is 24.3 Å². The molecule has 0 saturated heterocycles. The van der Waals surface area contributed by atoms with Crippen molar-refractivity contribution in [3.63, 3.8) is 0 Å². The summed E-state index contributed by atoms with van der Waals surface area (Å²) in [5.74, 6) is 0.290. The fourth-order valence-electron chi connectivity index (χ4n) is 1.08. The lowest BCUT2D eigenvalue weighted by Crippen LogP contribution is -2.02. The number of carboxylic acids is 1. The lowest BCUT2D eigenvalue weighted by Gasteiger charge is -2.10. The van der Waals surface area contributed by atoms with Gasteiger partial charge in [-0.25, -0.2) is 4.79 Å². The molecule has 4 nitrogen and oxygen atoms in total. The Morgan fingerprint density at radius 2 is 2.06 bits per heavy atom. The summed E-state index contributed by atoms with van der Waals surface area (Å²) in [7, 11) is 1.52. The third-order valence-electron chi connectivity index (χ3n) is 1.73. The molecular weight excluding hydrogens is 276 g/mol. The molecule has 0 unspecified atom stereocenters. The lowest BCUT2D eigenvalue weighted by molar-refractivity contribution is -0.131. The Bertz CT molecular complexity index is 401. The number of methoxy groups -OCH3 is 1. The molecule has 0 heterocycles. The Morgan fingerprint density at radius 1 is 1.44 bits per heavy atom. The molecule has 0 radical (unpaired) electrons. The summed E-state index contributed by atoms with van der Waals surface area (Å²) in [5.41, 5.74) is 0. The number of allylic oxidation sites excluding steroid dienone is 1. The number of carboxylic acid groups (broad SMARTS) is 1. The Labute approximate surface area is 102 Å². The van der Waals surface area contributed by atoms with Crippen LogP contribution in [0.4, 0.5) is 0 Å². The molecule has 0 aliphatic carbocycles. The predicted octanol–water partition coefficient (Wildman–Crippen LogP) is 2.44. The second-order valence-corrected chi connectivity index (χ2v) is 3.40. The van der Waals surface area contributed by atoms with Gasteiger partial charge in [-0.3, -0.25) is 0 Å². The molecule has 0 aliphatic rings. The van der Waals surface area contributed by atoms with E-state index in [0.29, 0.717) is 22.6 Å². The topological polar surface area (TPSA) is 55.8 Å². The third kappa shape index (κ3) is 3.58. The molecular formula is C11H11BrO4. The summed E-state index contributed by atoms with van der Waals surface area (Å²) in [6, 6.07) is 7.03. The Hall–Kier alpha value is -1.49. The van der Waals surface area contributed by atoms with Gasteiger partial charge in [0.1, 0.15) is 5.76 Å². The predicted molar refractivity (Wildman–Crippen MR) is 63.1 cm³/mol. The maximum absolute atomic E-state index is 10.5. The van der Waals surface area contributed by atoms with Crippen molar-refractivity contribution in [2.24, 2.45) is 0 Å². The number of alkyl halides is 1. The Balaban J connectivity index is 2.90. The molecule has 1 aromatic rings. The van der Waals surface area contributed by atoms with Crippen molar-refractivity contribution in [2.45, 2.75) is 0 Å². The first-order valence-electron chi connectivity index (χ1n) is 4.47. The van der Waals surface area contributed by atoms with Gasteiger partial charge in [-0.2, -0.15) is 0 Å². The highest BCUT2D eigenvalue weighted by Crippen LogP contribution is 2.27. The minimum Gasteiger partial charge on any atom is -0.493 e. The van der Waals surface area contributed by atoms with Crippen LogP contribution in [0.1, 0.15) is 0 Å². The van der Waals surface area contributed by atoms with Gasteiger partial charge in [0.2, 0.25) is 0 Å². The summed E-state index contributed by atoms with van der Waals surface area (Å²) in [6.45, 7) is 0. The van der Waals surface area contributed by atoms with E-state index < -0.39 is 5.97 Å². The minimum atomic E-state index is -1.05. The average Bonchev–Trinajstić information content (AvgIpc) is 2.28. The monoisotopic (exact) mass is 286 g/mol. The van der Waals surface area contributed by atoms with Gasteiger partial charge in [0, 0.05) is 0 Å². The number of halogens is 1. The standard InChI is InChI=1S/C11H11BrO4/c1-15-9-4-2-3-5-10(9)16-8(7-12)6-11(13)14/h2-6H,7H2,1H3,(H,13,14). The normalized spacial score (nSPS) is 11.0. The Kier molecular flexibility index (Phi) is 4.85. The number of hydrogen-bond donors (Lipinski definition) is 1. The molecule has 0 fully saturated rings. The number of hydrogen-bond acceptors (Lipinski definition) is 3. The van der Waals surface area contributed by atoms with Crippen molar-refractivity contribution in [1.82, 2.24) is 0 Å². The van der Waals surface area contributed by atoms with Crippen molar-refractivity contribution in [3.8, 4) is 11.5 Å². The Morgan fingerprint density at radius 3 is 2.56 bits per heavy atom. The van der Waals surface area contributed by atoms with Crippen LogP contribution in [0.15, 0.2) is 36.1 Å². The van der Waals surface area contributed by atoms with E-state index in [1.807, 2.05) is 0 Å². The quantitative estimate of drug-likeness (QED) is 0.513. The third-order valence-corrected chi connectivity index (χ3v) is 2.28. The molecule has 0 amide bonds. The van der Waals surface area contributed by atoms with Gasteiger partial charge in [-0.15, -0.1) is 0 Å². The van der Waals surface area contributed by atoms with Gasteiger partial charge in [-0.05, 0) is 12.1 Å². The molecule has 1 aromatic carbocycles. The van der Waals surface area contributed by atoms with Gasteiger partial charge in [0.05, 0.1) is 18.5 Å². The smallest absolute Gasteiger partial charge is 0.331 e. The van der Waals surface area contributed by atoms with Crippen LogP contribution in [0.25, 0.3) is 0 Å². The van der Waals surface area contributed by atoms with Crippen LogP contribution in [0.5, 0.6) is 11.5 Å². The minimum absolute atomic E-state index is 0.303. The number of rotatable bonds is 5. The SMILES string of the molecule is COc1ccccc1OC(=CC(=O)O)CBr. The van der Waals surface area contributed by atoms with Crippen LogP contribution < -0.4 is 9.47 Å². The second kappa shape index (κ2) is 6.17. The first kappa shape index (κ1) is 12.6. The van der Waals surface area contributed by atoms with Gasteiger partial charge in [0.25, 0.3) is 0 Å². The molecule has 0 atom stereocenters. The second-order valence-electron chi connectivity index (χ2n) is 2.84. The van der Waals surface area contributed by atoms with Crippen LogP contribution in [-0.2, 0) is 4.79 Å². The number of aliphatic carboxylic acids is 1. The summed E-state index contributed by atoms with van der Waals surface area (Å²) in [6.07, 6.45) is 1.00. The van der Waals surface area contributed by atoms with Crippen LogP contribution in [-0.4, -0.2) is 23.5 Å². The largest absolute Gasteiger partial charge is 0.493 e. The molecule has 1 rings (SSSR count). The van der Waals surface area contributed by atoms with Crippen molar-refractivity contribution in [2.75, 3.05) is 12.4 Å². The van der Waals surface area contributed by atoms with E-state index in [0.717, 1.165) is 6.08 Å². The van der Waals surface area contributed by atoms with Gasteiger partial charge >= 0.3 is 5.97 Å². The van der Waals surface area contributed by atoms with Crippen LogP contribution in [0, 0.1) is 0 Å². The van der Waals surface area contributed by atoms with Crippen molar-refractivity contribution in [1.29, 1.82) is 0 Å². The molecule has 5 heteroatoms. The highest BCUT2D eigenvalue weighted by Gasteiger charge is 2.06. The van der Waals surface area contributed by atoms with E-state index in [-0.39, 0.29) is 0 Å². The van der Waals surface area contributed by atoms with Crippen molar-refractivity contribution < 1.29 is 19.4 Å². The maximum Gasteiger partial charge on any atom is 0.331 e. The van der Waals surface area contributed by atoms with Gasteiger partial charge in [0.15, 0.2) is 11.5 Å². The number of benzene rings is 1. The molecule has 0 aromatic heterocycles. The van der Waals surface area contributed by atoms with Crippen LogP contribution >= 0.6 is 15.9 Å². The number of ether oxygens (including phenoxy) is 2. The highest BCUT2D eigenvalue weighted by molar-refractivity contribution is 9.09. The van der Waals surface area contributed by atoms with Gasteiger partial charge in [-0.1, -0.05) is 28.1 Å². The molecule has 16 heavy (non-hydrogen) atoms. The zero-order valence-corrected chi connectivity index (χ0v) is 10.2. The van der Waals surface area contributed by atoms with E-state index in [2.05, 4.69) is 15.9 Å². The summed E-state index contributed by atoms with van der Waals surface area (Å²) < 4.78 is 10.5. The van der Waals surface area contributed by atoms with E-state index in [1.165, 1.54) is 7.11 Å². The fourth-order valence-corrected chi connectivity index (χ4v) is 1.35. The zero-order valence-electron chi connectivity index (χ0n) is 8.64. The molecule has 0 spiro atoms. The van der Waals surface area contributed by atoms with E-state index in [9.17, 15) is 4.79 Å². The summed E-state index contributed by atoms with van der Waals surface area (Å²) >= 11 is 3.15. The summed E-state index contributed by atoms with van der Waals surface area (Å²) in [5, 5.41) is 8.93. The maximum atomic E-state index is 10.5. The van der Waals surface area contributed by atoms with Crippen LogP contribution in [0.3, 0.4) is 0 Å². The molecule has 86 valence electrons. The van der Waals surface area contributed by atoms with E-state index in [4.69, 9.17) is 14.6 Å². The fraction of sp³-hybridized carbons (Fsp3) is 0.182. The molecule has 0 saturated carbocycles.